The van der Waals surface area contributed by atoms with Gasteiger partial charge in [-0.1, -0.05) is 60.7 Å². The summed E-state index contributed by atoms with van der Waals surface area (Å²) in [6.07, 6.45) is 7.73. The third kappa shape index (κ3) is 4.80. The van der Waals surface area contributed by atoms with E-state index in [1.165, 1.54) is 0 Å². The van der Waals surface area contributed by atoms with Gasteiger partial charge in [-0.05, 0) is 54.8 Å². The molecule has 0 spiro atoms. The van der Waals surface area contributed by atoms with E-state index in [0.717, 1.165) is 16.9 Å². The maximum absolute atomic E-state index is 14.1. The van der Waals surface area contributed by atoms with Gasteiger partial charge in [-0.3, -0.25) is 24.1 Å². The predicted molar refractivity (Wildman–Crippen MR) is 160 cm³/mol. The highest BCUT2D eigenvalue weighted by Crippen LogP contribution is 2.50. The second-order valence-electron chi connectivity index (χ2n) is 10.8. The van der Waals surface area contributed by atoms with Crippen LogP contribution in [0.1, 0.15) is 36.6 Å². The van der Waals surface area contributed by atoms with Gasteiger partial charge in [0.1, 0.15) is 0 Å². The molecule has 1 aromatic heterocycles. The Morgan fingerprint density at radius 1 is 0.952 bits per heavy atom. The van der Waals surface area contributed by atoms with E-state index < -0.39 is 17.4 Å². The summed E-state index contributed by atoms with van der Waals surface area (Å²) in [6, 6.07) is 22.6. The molecule has 2 N–H and O–H groups in total. The van der Waals surface area contributed by atoms with Gasteiger partial charge in [0.05, 0.1) is 17.1 Å². The zero-order valence-corrected chi connectivity index (χ0v) is 23.4. The highest BCUT2D eigenvalue weighted by molar-refractivity contribution is 6.13. The van der Waals surface area contributed by atoms with Crippen molar-refractivity contribution in [2.24, 2.45) is 5.92 Å². The second kappa shape index (κ2) is 11.3. The van der Waals surface area contributed by atoms with E-state index in [1.54, 1.807) is 26.7 Å². The van der Waals surface area contributed by atoms with Crippen LogP contribution in [-0.2, 0) is 34.6 Å². The van der Waals surface area contributed by atoms with Gasteiger partial charge in [0, 0.05) is 55.0 Å². The van der Waals surface area contributed by atoms with Crippen LogP contribution in [0.25, 0.3) is 0 Å². The van der Waals surface area contributed by atoms with E-state index in [-0.39, 0.29) is 12.5 Å². The average molecular weight is 564 g/mol. The molecule has 9 nitrogen and oxygen atoms in total. The van der Waals surface area contributed by atoms with Crippen molar-refractivity contribution in [3.8, 4) is 0 Å². The maximum Gasteiger partial charge on any atom is 0.268 e. The minimum absolute atomic E-state index is 0.0182. The van der Waals surface area contributed by atoms with E-state index in [1.807, 2.05) is 85.8 Å². The molecule has 0 aliphatic carbocycles. The molecule has 3 aromatic carbocycles. The van der Waals surface area contributed by atoms with Crippen molar-refractivity contribution in [2.45, 2.75) is 44.8 Å². The van der Waals surface area contributed by atoms with Crippen LogP contribution in [0.5, 0.6) is 0 Å². The minimum Gasteiger partial charge on any atom is -0.396 e. The van der Waals surface area contributed by atoms with Crippen LogP contribution in [0.15, 0.2) is 91.1 Å². The molecular weight excluding hydrogens is 530 g/mol. The lowest BCUT2D eigenvalue weighted by atomic mass is 9.82. The number of aromatic nitrogens is 3. The molecule has 2 amide bonds. The number of amides is 2. The fraction of sp³-hybridized carbons (Fsp3) is 0.273. The Morgan fingerprint density at radius 3 is 2.55 bits per heavy atom. The molecule has 42 heavy (non-hydrogen) atoms. The summed E-state index contributed by atoms with van der Waals surface area (Å²) in [5.41, 5.74) is 3.12. The van der Waals surface area contributed by atoms with E-state index in [4.69, 9.17) is 5.11 Å². The summed E-state index contributed by atoms with van der Waals surface area (Å²) in [4.78, 5) is 30.6. The van der Waals surface area contributed by atoms with E-state index in [0.29, 0.717) is 54.9 Å². The number of fused-ring (bicyclic) bond motifs is 2. The zero-order chi connectivity index (χ0) is 29.3. The van der Waals surface area contributed by atoms with Gasteiger partial charge >= 0.3 is 0 Å². The molecule has 0 fully saturated rings. The Hall–Kier alpha value is -4.60. The van der Waals surface area contributed by atoms with Gasteiger partial charge in [0.2, 0.25) is 5.91 Å². The number of nitrogens with zero attached hydrogens (tertiary/aromatic N) is 5. The lowest BCUT2D eigenvalue weighted by Crippen LogP contribution is -2.42. The number of allylic oxidation sites excluding steroid dienone is 1. The number of carbonyl (C=O) groups excluding carboxylic acids is 2. The summed E-state index contributed by atoms with van der Waals surface area (Å²) in [5.74, 6) is -1.03. The van der Waals surface area contributed by atoms with Gasteiger partial charge in [-0.25, -0.2) is 0 Å². The van der Waals surface area contributed by atoms with E-state index in [2.05, 4.69) is 10.3 Å². The Labute approximate surface area is 244 Å². The summed E-state index contributed by atoms with van der Waals surface area (Å²) in [5, 5.41) is 29.5. The molecule has 0 radical (unpaired) electrons. The van der Waals surface area contributed by atoms with Gasteiger partial charge in [0.15, 0.2) is 5.60 Å². The number of anilines is 4. The van der Waals surface area contributed by atoms with Crippen molar-refractivity contribution in [3.63, 3.8) is 0 Å². The molecule has 0 unspecified atom stereocenters. The molecule has 0 saturated heterocycles. The first-order valence-electron chi connectivity index (χ1n) is 14.3. The highest BCUT2D eigenvalue weighted by Gasteiger charge is 2.53. The van der Waals surface area contributed by atoms with Gasteiger partial charge < -0.3 is 10.2 Å². The highest BCUT2D eigenvalue weighted by atomic mass is 16.3. The topological polar surface area (TPSA) is 112 Å². The van der Waals surface area contributed by atoms with Gasteiger partial charge in [0.25, 0.3) is 5.91 Å². The van der Waals surface area contributed by atoms with Gasteiger partial charge in [-0.15, -0.1) is 5.10 Å². The van der Waals surface area contributed by atoms with Crippen LogP contribution in [-0.4, -0.2) is 43.6 Å². The Bertz CT molecular complexity index is 1650. The largest absolute Gasteiger partial charge is 0.396 e. The first kappa shape index (κ1) is 27.6. The van der Waals surface area contributed by atoms with Crippen molar-refractivity contribution in [2.75, 3.05) is 16.4 Å². The zero-order valence-electron chi connectivity index (χ0n) is 23.4. The quantitative estimate of drug-likeness (QED) is 0.289. The molecule has 6 rings (SSSR count). The first-order valence-corrected chi connectivity index (χ1v) is 14.3. The molecule has 2 aliphatic heterocycles. The van der Waals surface area contributed by atoms with E-state index in [9.17, 15) is 14.7 Å². The fourth-order valence-electron chi connectivity index (χ4n) is 5.87. The number of benzene rings is 3. The third-order valence-corrected chi connectivity index (χ3v) is 8.09. The number of carbonyl (C=O) groups is 2. The van der Waals surface area contributed by atoms with Crippen LogP contribution in [0.4, 0.5) is 22.7 Å². The smallest absolute Gasteiger partial charge is 0.268 e. The SMILES string of the molecule is C[C@H](/C=C/CCn1cc(CCO)nn1)[C@@]1(O)C(=O)N(c2ccccc2)c2ccc(N3C(=O)CCc4ccccc43)cc21. The Balaban J connectivity index is 1.35. The molecule has 0 saturated carbocycles. The molecule has 3 heterocycles. The molecule has 9 heteroatoms. The van der Waals surface area contributed by atoms with Crippen LogP contribution < -0.4 is 9.80 Å². The number of aliphatic hydroxyl groups excluding tert-OH is 1. The first-order chi connectivity index (χ1) is 20.4. The third-order valence-electron chi connectivity index (χ3n) is 8.09. The van der Waals surface area contributed by atoms with Crippen LogP contribution in [0.2, 0.25) is 0 Å². The minimum atomic E-state index is -1.85. The van der Waals surface area contributed by atoms with E-state index >= 15 is 0 Å². The van der Waals surface area contributed by atoms with Crippen molar-refractivity contribution in [1.82, 2.24) is 15.0 Å². The number of para-hydroxylation sites is 2. The maximum atomic E-state index is 14.1. The lowest BCUT2D eigenvalue weighted by Gasteiger charge is -2.31. The Morgan fingerprint density at radius 2 is 1.74 bits per heavy atom. The van der Waals surface area contributed by atoms with Crippen molar-refractivity contribution in [1.29, 1.82) is 0 Å². The number of hydrogen-bond acceptors (Lipinski definition) is 6. The molecule has 4 aromatic rings. The van der Waals surface area contributed by atoms with Crippen LogP contribution >= 0.6 is 0 Å². The van der Waals surface area contributed by atoms with Crippen molar-refractivity contribution >= 4 is 34.6 Å². The number of rotatable bonds is 9. The second-order valence-corrected chi connectivity index (χ2v) is 10.8. The summed E-state index contributed by atoms with van der Waals surface area (Å²) in [6.45, 7) is 2.42. The normalized spacial score (nSPS) is 18.9. The summed E-state index contributed by atoms with van der Waals surface area (Å²) in [7, 11) is 0. The standard InChI is InChI=1S/C33H33N5O4/c1-23(9-7-8-19-36-22-25(18-20-39)34-35-36)33(42)28-21-27(37-29-13-6-5-10-24(29)14-17-31(37)40)15-16-30(28)38(32(33)41)26-11-3-2-4-12-26/h2-7,9-13,15-16,21-23,39,42H,8,14,17-20H2,1H3/b9-7+/t23-,33+/m1/s1. The number of aryl methyl sites for hydroxylation is 2. The van der Waals surface area contributed by atoms with Crippen LogP contribution in [0, 0.1) is 5.92 Å². The van der Waals surface area contributed by atoms with Crippen LogP contribution in [0.3, 0.4) is 0 Å². The molecule has 2 atom stereocenters. The molecular formula is C33H33N5O4. The fourth-order valence-corrected chi connectivity index (χ4v) is 5.87. The number of aliphatic hydroxyl groups is 2. The molecule has 0 bridgehead atoms. The molecule has 2 aliphatic rings. The predicted octanol–water partition coefficient (Wildman–Crippen LogP) is 4.57. The average Bonchev–Trinajstić information content (AvgIpc) is 3.55. The van der Waals surface area contributed by atoms with Crippen molar-refractivity contribution < 1.29 is 19.8 Å². The molecule has 214 valence electrons. The van der Waals surface area contributed by atoms with Gasteiger partial charge in [-0.2, -0.15) is 0 Å². The monoisotopic (exact) mass is 563 g/mol. The Kier molecular flexibility index (Phi) is 7.45. The lowest BCUT2D eigenvalue weighted by molar-refractivity contribution is -0.138. The summed E-state index contributed by atoms with van der Waals surface area (Å²) >= 11 is 0. The number of hydrogen-bond donors (Lipinski definition) is 2. The van der Waals surface area contributed by atoms with Crippen molar-refractivity contribution in [3.05, 3.63) is 108 Å². The summed E-state index contributed by atoms with van der Waals surface area (Å²) < 4.78 is 1.71.